The number of carbonyl (C=O) groups is 3. The highest BCUT2D eigenvalue weighted by Gasteiger charge is 2.49. The van der Waals surface area contributed by atoms with Gasteiger partial charge in [-0.2, -0.15) is 0 Å². The van der Waals surface area contributed by atoms with E-state index in [1.54, 1.807) is 67.8 Å². The number of rotatable bonds is 20. The van der Waals surface area contributed by atoms with Crippen molar-refractivity contribution < 1.29 is 66.5 Å². The lowest BCUT2D eigenvalue weighted by molar-refractivity contribution is -0.333. The summed E-state index contributed by atoms with van der Waals surface area (Å²) < 4.78 is 68.7. The van der Waals surface area contributed by atoms with Crippen molar-refractivity contribution in [3.05, 3.63) is 192 Å². The van der Waals surface area contributed by atoms with Crippen molar-refractivity contribution in [1.29, 1.82) is 0 Å². The Bertz CT molecular complexity index is 2320. The predicted octanol–water partition coefficient (Wildman–Crippen LogP) is 7.54. The van der Waals surface area contributed by atoms with Crippen molar-refractivity contribution in [3.8, 4) is 0 Å². The average molecular weight is 915 g/mol. The second kappa shape index (κ2) is 24.2. The number of hydrogen-bond donors (Lipinski definition) is 0. The van der Waals surface area contributed by atoms with Gasteiger partial charge in [0.15, 0.2) is 18.9 Å². The van der Waals surface area contributed by atoms with Crippen LogP contribution in [0.4, 0.5) is 0 Å². The summed E-state index contributed by atoms with van der Waals surface area (Å²) in [5.41, 5.74) is 3.57. The Labute approximate surface area is 389 Å². The van der Waals surface area contributed by atoms with Crippen molar-refractivity contribution in [3.63, 3.8) is 0 Å². The Balaban J connectivity index is 0.948. The van der Waals surface area contributed by atoms with Crippen LogP contribution < -0.4 is 0 Å². The third-order valence-electron chi connectivity index (χ3n) is 11.4. The van der Waals surface area contributed by atoms with E-state index < -0.39 is 79.5 Å². The highest BCUT2D eigenvalue weighted by atomic mass is 16.8. The van der Waals surface area contributed by atoms with Gasteiger partial charge in [0.1, 0.15) is 43.2 Å². The quantitative estimate of drug-likeness (QED) is 0.0707. The van der Waals surface area contributed by atoms with Crippen LogP contribution in [0.1, 0.15) is 50.2 Å². The maximum atomic E-state index is 13.2. The molecule has 0 spiro atoms. The minimum atomic E-state index is -1.42. The van der Waals surface area contributed by atoms with Gasteiger partial charge in [0.2, 0.25) is 12.1 Å². The van der Waals surface area contributed by atoms with Gasteiger partial charge in [-0.1, -0.05) is 127 Å². The molecule has 0 aliphatic carbocycles. The van der Waals surface area contributed by atoms with Crippen LogP contribution in [0.3, 0.4) is 0 Å². The van der Waals surface area contributed by atoms with E-state index in [4.69, 9.17) is 52.1 Å². The number of carbonyl (C=O) groups excluding carboxylic acids is 3. The summed E-state index contributed by atoms with van der Waals surface area (Å²) >= 11 is 0. The lowest BCUT2D eigenvalue weighted by Crippen LogP contribution is -2.61. The van der Waals surface area contributed by atoms with Crippen LogP contribution in [-0.2, 0) is 76.7 Å². The van der Waals surface area contributed by atoms with Crippen molar-refractivity contribution in [2.24, 2.45) is 0 Å². The molecule has 8 rings (SSSR count). The maximum absolute atomic E-state index is 13.2. The molecule has 3 aliphatic heterocycles. The first-order valence-electron chi connectivity index (χ1n) is 22.3. The molecule has 0 N–H and O–H groups in total. The van der Waals surface area contributed by atoms with E-state index in [9.17, 15) is 14.4 Å². The van der Waals surface area contributed by atoms with Gasteiger partial charge in [0, 0.05) is 13.5 Å². The molecule has 14 heteroatoms. The largest absolute Gasteiger partial charge is 0.459 e. The Morgan fingerprint density at radius 1 is 0.552 bits per heavy atom. The Kier molecular flexibility index (Phi) is 17.2. The van der Waals surface area contributed by atoms with Gasteiger partial charge in [0.05, 0.1) is 37.6 Å². The maximum Gasteiger partial charge on any atom is 0.338 e. The average Bonchev–Trinajstić information content (AvgIpc) is 3.38. The summed E-state index contributed by atoms with van der Waals surface area (Å²) in [7, 11) is 1.54. The number of hydrogen-bond acceptors (Lipinski definition) is 14. The molecule has 0 radical (unpaired) electrons. The van der Waals surface area contributed by atoms with E-state index in [1.807, 2.05) is 91.0 Å². The van der Waals surface area contributed by atoms with Gasteiger partial charge < -0.3 is 52.1 Å². The molecule has 0 unspecified atom stereocenters. The van der Waals surface area contributed by atoms with E-state index in [0.29, 0.717) is 11.1 Å². The van der Waals surface area contributed by atoms with E-state index in [1.165, 1.54) is 12.2 Å². The molecule has 0 saturated carbocycles. The van der Waals surface area contributed by atoms with Crippen LogP contribution >= 0.6 is 0 Å². The molecule has 5 aromatic rings. The van der Waals surface area contributed by atoms with Gasteiger partial charge >= 0.3 is 11.9 Å². The molecular weight excluding hydrogens is 861 g/mol. The number of benzene rings is 5. The first kappa shape index (κ1) is 47.6. The highest BCUT2D eigenvalue weighted by molar-refractivity contribution is 5.93. The smallest absolute Gasteiger partial charge is 0.338 e. The minimum Gasteiger partial charge on any atom is -0.459 e. The molecule has 10 atom stereocenters. The lowest BCUT2D eigenvalue weighted by atomic mass is 9.97. The summed E-state index contributed by atoms with van der Waals surface area (Å²) in [6.07, 6.45) is -5.65. The highest BCUT2D eigenvalue weighted by Crippen LogP contribution is 2.32. The second-order valence-electron chi connectivity index (χ2n) is 16.1. The van der Waals surface area contributed by atoms with Crippen molar-refractivity contribution in [1.82, 2.24) is 0 Å². The molecule has 350 valence electrons. The fraction of sp³-hybridized carbons (Fsp3) is 0.340. The standard InChI is InChI=1S/C53H54O14/c1-57-53-49(61-33-38-21-11-4-12-22-38)48(60-32-37-19-9-3-10-20-37)47(59-31-36-17-7-2-8-18-36)44(65-53)35-58-45-29-27-41(54)52(66-45)67-46-30-28-42(64-51(56)40-25-15-6-16-26-40)43(63-46)34-62-50(55)39-23-13-5-14-24-39/h2-27,29,42-49,52-53H,28,30-35H2,1H3/t42-,43+,44+,45-,46+,47+,48-,49+,52+,53-/m0/s1. The summed E-state index contributed by atoms with van der Waals surface area (Å²) in [5.74, 6) is -1.61. The summed E-state index contributed by atoms with van der Waals surface area (Å²) in [6.45, 7) is 0.444. The Hall–Kier alpha value is -5.91. The number of ketones is 1. The van der Waals surface area contributed by atoms with Crippen LogP contribution in [0.5, 0.6) is 0 Å². The summed E-state index contributed by atoms with van der Waals surface area (Å²) in [6, 6.07) is 46.4. The van der Waals surface area contributed by atoms with Gasteiger partial charge in [-0.15, -0.1) is 0 Å². The molecule has 67 heavy (non-hydrogen) atoms. The predicted molar refractivity (Wildman–Crippen MR) is 241 cm³/mol. The minimum absolute atomic E-state index is 0.0743. The van der Waals surface area contributed by atoms with Crippen molar-refractivity contribution >= 4 is 17.7 Å². The van der Waals surface area contributed by atoms with Crippen LogP contribution in [-0.4, -0.2) is 99.8 Å². The van der Waals surface area contributed by atoms with Crippen LogP contribution in [0.2, 0.25) is 0 Å². The zero-order valence-electron chi connectivity index (χ0n) is 37.0. The SMILES string of the molecule is CO[C@H]1O[C@H](CO[C@@H]2C=CC(=O)[C@@H](O[C@@H]3CC[C@H](OC(=O)c4ccccc4)[C@@H](COC(=O)c4ccccc4)O3)O2)[C@@H](OCc2ccccc2)[C@H](OCc2ccccc2)[C@H]1OCc1ccccc1. The normalized spacial score (nSPS) is 26.1. The van der Waals surface area contributed by atoms with Gasteiger partial charge in [-0.3, -0.25) is 4.79 Å². The zero-order valence-corrected chi connectivity index (χ0v) is 37.0. The molecule has 0 amide bonds. The Morgan fingerprint density at radius 3 is 1.64 bits per heavy atom. The number of ether oxygens (including phenoxy) is 11. The molecule has 14 nitrogen and oxygen atoms in total. The van der Waals surface area contributed by atoms with Gasteiger partial charge in [-0.25, -0.2) is 9.59 Å². The van der Waals surface area contributed by atoms with Crippen molar-refractivity contribution in [2.75, 3.05) is 20.3 Å². The summed E-state index contributed by atoms with van der Waals surface area (Å²) in [5, 5.41) is 0. The van der Waals surface area contributed by atoms with Crippen molar-refractivity contribution in [2.45, 2.75) is 94.4 Å². The topological polar surface area (TPSA) is 153 Å². The fourth-order valence-electron chi connectivity index (χ4n) is 7.89. The number of methoxy groups -OCH3 is 1. The molecule has 2 fully saturated rings. The molecule has 2 saturated heterocycles. The van der Waals surface area contributed by atoms with E-state index >= 15 is 0 Å². The second-order valence-corrected chi connectivity index (χ2v) is 16.1. The third-order valence-corrected chi connectivity index (χ3v) is 11.4. The lowest BCUT2D eigenvalue weighted by Gasteiger charge is -2.45. The molecule has 5 aromatic carbocycles. The number of esters is 2. The molecule has 3 heterocycles. The molecule has 3 aliphatic rings. The fourth-order valence-corrected chi connectivity index (χ4v) is 7.89. The van der Waals surface area contributed by atoms with Crippen LogP contribution in [0, 0.1) is 0 Å². The van der Waals surface area contributed by atoms with E-state index in [2.05, 4.69) is 0 Å². The molecule has 0 aromatic heterocycles. The monoisotopic (exact) mass is 914 g/mol. The third kappa shape index (κ3) is 13.4. The van der Waals surface area contributed by atoms with Gasteiger partial charge in [0.25, 0.3) is 0 Å². The van der Waals surface area contributed by atoms with Crippen LogP contribution in [0.15, 0.2) is 164 Å². The molecule has 0 bridgehead atoms. The van der Waals surface area contributed by atoms with Crippen LogP contribution in [0.25, 0.3) is 0 Å². The summed E-state index contributed by atoms with van der Waals surface area (Å²) in [4.78, 5) is 39.3. The zero-order chi connectivity index (χ0) is 46.2. The van der Waals surface area contributed by atoms with Gasteiger partial charge in [-0.05, 0) is 59.5 Å². The Morgan fingerprint density at radius 2 is 1.07 bits per heavy atom. The van der Waals surface area contributed by atoms with E-state index in [0.717, 1.165) is 16.7 Å². The molecular formula is C53H54O14. The first-order chi connectivity index (χ1) is 32.9. The first-order valence-corrected chi connectivity index (χ1v) is 22.3. The van der Waals surface area contributed by atoms with E-state index in [-0.39, 0.29) is 45.9 Å².